The molecule has 2 heterocycles. The van der Waals surface area contributed by atoms with Crippen molar-refractivity contribution in [1.82, 2.24) is 14.8 Å². The van der Waals surface area contributed by atoms with Gasteiger partial charge in [-0.2, -0.15) is 5.10 Å². The van der Waals surface area contributed by atoms with E-state index < -0.39 is 0 Å². The minimum atomic E-state index is -0.208. The van der Waals surface area contributed by atoms with Crippen molar-refractivity contribution in [3.63, 3.8) is 0 Å². The summed E-state index contributed by atoms with van der Waals surface area (Å²) in [7, 11) is 0. The van der Waals surface area contributed by atoms with Gasteiger partial charge < -0.3 is 5.73 Å². The van der Waals surface area contributed by atoms with E-state index in [1.807, 2.05) is 24.0 Å². The largest absolute Gasteiger partial charge is 0.319 e. The van der Waals surface area contributed by atoms with Gasteiger partial charge in [-0.3, -0.25) is 9.67 Å². The van der Waals surface area contributed by atoms with Gasteiger partial charge in [0, 0.05) is 18.9 Å². The van der Waals surface area contributed by atoms with Crippen molar-refractivity contribution in [3.05, 3.63) is 46.0 Å². The molecule has 4 nitrogen and oxygen atoms in total. The Labute approximate surface area is 115 Å². The number of nitrogens with zero attached hydrogens (tertiary/aromatic N) is 3. The number of hydrogen-bond acceptors (Lipinski definition) is 3. The molecule has 2 rings (SSSR count). The maximum Gasteiger partial charge on any atom is 0.0749 e. The predicted molar refractivity (Wildman–Crippen MR) is 75.2 cm³/mol. The molecule has 0 saturated carbocycles. The van der Waals surface area contributed by atoms with Crippen LogP contribution in [0.25, 0.3) is 0 Å². The molecule has 0 saturated heterocycles. The first-order valence-electron chi connectivity index (χ1n) is 6.01. The van der Waals surface area contributed by atoms with E-state index in [-0.39, 0.29) is 6.04 Å². The van der Waals surface area contributed by atoms with Gasteiger partial charge in [0.05, 0.1) is 22.4 Å². The van der Waals surface area contributed by atoms with Crippen molar-refractivity contribution in [3.8, 4) is 0 Å². The molecule has 0 radical (unpaired) electrons. The summed E-state index contributed by atoms with van der Waals surface area (Å²) in [6.45, 7) is 5.01. The van der Waals surface area contributed by atoms with E-state index in [1.54, 1.807) is 6.20 Å². The lowest BCUT2D eigenvalue weighted by Gasteiger charge is -2.15. The van der Waals surface area contributed by atoms with Crippen LogP contribution in [-0.4, -0.2) is 14.8 Å². The van der Waals surface area contributed by atoms with Crippen LogP contribution >= 0.6 is 15.9 Å². The fourth-order valence-electron chi connectivity index (χ4n) is 1.98. The number of nitrogens with two attached hydrogens (primary N) is 1. The molecule has 0 amide bonds. The van der Waals surface area contributed by atoms with Crippen LogP contribution in [0.5, 0.6) is 0 Å². The minimum absolute atomic E-state index is 0.208. The number of pyridine rings is 1. The van der Waals surface area contributed by atoms with Crippen molar-refractivity contribution in [2.75, 3.05) is 0 Å². The van der Waals surface area contributed by atoms with Crippen molar-refractivity contribution in [2.24, 2.45) is 5.73 Å². The molecular weight excluding hydrogens is 292 g/mol. The van der Waals surface area contributed by atoms with Gasteiger partial charge in [-0.1, -0.05) is 13.0 Å². The molecule has 96 valence electrons. The highest BCUT2D eigenvalue weighted by Crippen LogP contribution is 2.26. The molecule has 0 aliphatic carbocycles. The monoisotopic (exact) mass is 308 g/mol. The van der Waals surface area contributed by atoms with Gasteiger partial charge in [-0.25, -0.2) is 0 Å². The predicted octanol–water partition coefficient (Wildman–Crippen LogP) is 2.81. The number of aromatic nitrogens is 3. The maximum absolute atomic E-state index is 6.33. The first-order valence-corrected chi connectivity index (χ1v) is 6.81. The van der Waals surface area contributed by atoms with E-state index in [1.165, 1.54) is 0 Å². The van der Waals surface area contributed by atoms with Crippen LogP contribution in [-0.2, 0) is 6.54 Å². The van der Waals surface area contributed by atoms with Gasteiger partial charge in [0.2, 0.25) is 0 Å². The summed E-state index contributed by atoms with van der Waals surface area (Å²) in [5.41, 5.74) is 9.45. The lowest BCUT2D eigenvalue weighted by atomic mass is 10.1. The van der Waals surface area contributed by atoms with E-state index in [4.69, 9.17) is 5.73 Å². The van der Waals surface area contributed by atoms with Crippen LogP contribution in [0, 0.1) is 6.92 Å². The molecule has 2 aromatic rings. The molecule has 1 atom stereocenters. The van der Waals surface area contributed by atoms with Gasteiger partial charge in [0.1, 0.15) is 0 Å². The standard InChI is InChI=1S/C13H17BrN4/c1-3-4-18-13(11(14)8-17-18)12(15)10-5-9(2)6-16-7-10/h5-8,12H,3-4,15H2,1-2H3. The summed E-state index contributed by atoms with van der Waals surface area (Å²) in [4.78, 5) is 4.20. The molecule has 1 unspecified atom stereocenters. The fourth-order valence-corrected chi connectivity index (χ4v) is 2.52. The van der Waals surface area contributed by atoms with E-state index >= 15 is 0 Å². The second-order valence-electron chi connectivity index (χ2n) is 4.37. The third kappa shape index (κ3) is 2.62. The maximum atomic E-state index is 6.33. The fraction of sp³-hybridized carbons (Fsp3) is 0.385. The number of rotatable bonds is 4. The summed E-state index contributed by atoms with van der Waals surface area (Å²) in [5, 5.41) is 4.34. The van der Waals surface area contributed by atoms with Crippen LogP contribution in [0.2, 0.25) is 0 Å². The number of aryl methyl sites for hydroxylation is 2. The molecule has 0 spiro atoms. The average molecular weight is 309 g/mol. The van der Waals surface area contributed by atoms with Gasteiger partial charge in [-0.15, -0.1) is 0 Å². The summed E-state index contributed by atoms with van der Waals surface area (Å²) < 4.78 is 2.90. The molecule has 5 heteroatoms. The van der Waals surface area contributed by atoms with Gasteiger partial charge in [0.25, 0.3) is 0 Å². The summed E-state index contributed by atoms with van der Waals surface area (Å²) in [5.74, 6) is 0. The second-order valence-corrected chi connectivity index (χ2v) is 5.23. The van der Waals surface area contributed by atoms with Crippen molar-refractivity contribution in [1.29, 1.82) is 0 Å². The highest BCUT2D eigenvalue weighted by molar-refractivity contribution is 9.10. The van der Waals surface area contributed by atoms with Gasteiger partial charge in [0.15, 0.2) is 0 Å². The highest BCUT2D eigenvalue weighted by Gasteiger charge is 2.18. The Morgan fingerprint density at radius 2 is 2.17 bits per heavy atom. The minimum Gasteiger partial charge on any atom is -0.319 e. The van der Waals surface area contributed by atoms with E-state index in [0.29, 0.717) is 0 Å². The number of halogens is 1. The summed E-state index contributed by atoms with van der Waals surface area (Å²) in [6.07, 6.45) is 6.47. The molecule has 0 aliphatic heterocycles. The topological polar surface area (TPSA) is 56.7 Å². The number of hydrogen-bond donors (Lipinski definition) is 1. The van der Waals surface area contributed by atoms with E-state index in [0.717, 1.165) is 34.3 Å². The summed E-state index contributed by atoms with van der Waals surface area (Å²) in [6, 6.07) is 1.86. The molecule has 2 aromatic heterocycles. The van der Waals surface area contributed by atoms with Gasteiger partial charge >= 0.3 is 0 Å². The highest BCUT2D eigenvalue weighted by atomic mass is 79.9. The Morgan fingerprint density at radius 1 is 1.39 bits per heavy atom. The lowest BCUT2D eigenvalue weighted by Crippen LogP contribution is -2.18. The van der Waals surface area contributed by atoms with Crippen molar-refractivity contribution in [2.45, 2.75) is 32.9 Å². The molecule has 0 aromatic carbocycles. The Kier molecular flexibility index (Phi) is 4.14. The summed E-state index contributed by atoms with van der Waals surface area (Å²) >= 11 is 3.52. The van der Waals surface area contributed by atoms with Crippen LogP contribution in [0.1, 0.15) is 36.2 Å². The van der Waals surface area contributed by atoms with E-state index in [2.05, 4.69) is 39.0 Å². The molecular formula is C13H17BrN4. The van der Waals surface area contributed by atoms with Gasteiger partial charge in [-0.05, 0) is 40.4 Å². The zero-order valence-electron chi connectivity index (χ0n) is 10.6. The van der Waals surface area contributed by atoms with Crippen molar-refractivity contribution < 1.29 is 0 Å². The molecule has 0 aliphatic rings. The molecule has 2 N–H and O–H groups in total. The van der Waals surface area contributed by atoms with Crippen LogP contribution in [0.3, 0.4) is 0 Å². The lowest BCUT2D eigenvalue weighted by molar-refractivity contribution is 0.558. The quantitative estimate of drug-likeness (QED) is 0.945. The molecule has 0 fully saturated rings. The van der Waals surface area contributed by atoms with Crippen LogP contribution in [0.15, 0.2) is 29.1 Å². The Morgan fingerprint density at radius 3 is 2.83 bits per heavy atom. The average Bonchev–Trinajstić information content (AvgIpc) is 2.70. The zero-order chi connectivity index (χ0) is 13.1. The second kappa shape index (κ2) is 5.63. The zero-order valence-corrected chi connectivity index (χ0v) is 12.2. The third-order valence-corrected chi connectivity index (χ3v) is 3.43. The molecule has 18 heavy (non-hydrogen) atoms. The Balaban J connectivity index is 2.39. The van der Waals surface area contributed by atoms with Crippen molar-refractivity contribution >= 4 is 15.9 Å². The smallest absolute Gasteiger partial charge is 0.0749 e. The van der Waals surface area contributed by atoms with E-state index in [9.17, 15) is 0 Å². The van der Waals surface area contributed by atoms with Crippen LogP contribution < -0.4 is 5.73 Å². The first kappa shape index (κ1) is 13.2. The molecule has 0 bridgehead atoms. The Bertz CT molecular complexity index is 536. The third-order valence-electron chi connectivity index (χ3n) is 2.82. The normalized spacial score (nSPS) is 12.7. The Hall–Kier alpha value is -1.20. The van der Waals surface area contributed by atoms with Crippen LogP contribution in [0.4, 0.5) is 0 Å². The SMILES string of the molecule is CCCn1ncc(Br)c1C(N)c1cncc(C)c1. The first-order chi connectivity index (χ1) is 8.63.